The summed E-state index contributed by atoms with van der Waals surface area (Å²) in [6.45, 7) is 18.3. The van der Waals surface area contributed by atoms with Gasteiger partial charge in [0.2, 0.25) is 0 Å². The molecule has 37 heavy (non-hydrogen) atoms. The molecule has 0 saturated heterocycles. The van der Waals surface area contributed by atoms with Crippen LogP contribution >= 0.6 is 11.3 Å². The van der Waals surface area contributed by atoms with Crippen molar-refractivity contribution in [2.75, 3.05) is 0 Å². The van der Waals surface area contributed by atoms with Crippen molar-refractivity contribution in [3.63, 3.8) is 0 Å². The number of ketones is 1. The van der Waals surface area contributed by atoms with Gasteiger partial charge in [0, 0.05) is 36.4 Å². The second-order valence-electron chi connectivity index (χ2n) is 10.6. The second-order valence-corrected chi connectivity index (χ2v) is 11.6. The fraction of sp³-hybridized carbons (Fsp3) is 0.312. The summed E-state index contributed by atoms with van der Waals surface area (Å²) in [5.41, 5.74) is 9.98. The van der Waals surface area contributed by atoms with E-state index in [2.05, 4.69) is 97.0 Å². The van der Waals surface area contributed by atoms with Crippen LogP contribution in [-0.4, -0.2) is 15.9 Å². The van der Waals surface area contributed by atoms with E-state index in [-0.39, 0.29) is 37.1 Å². The number of aromatic nitrogens is 1. The number of benzene rings is 2. The number of nitrogens with zero attached hydrogens (tertiary/aromatic N) is 1. The van der Waals surface area contributed by atoms with Gasteiger partial charge in [0.1, 0.15) is 4.83 Å². The molecule has 2 heterocycles. The van der Waals surface area contributed by atoms with E-state index in [4.69, 9.17) is 10.1 Å². The Hall–Kier alpha value is -2.59. The first-order chi connectivity index (χ1) is 16.7. The van der Waals surface area contributed by atoms with Crippen molar-refractivity contribution < 1.29 is 30.0 Å². The summed E-state index contributed by atoms with van der Waals surface area (Å²) in [7, 11) is 0. The van der Waals surface area contributed by atoms with Crippen LogP contribution in [0, 0.1) is 33.8 Å². The number of pyridine rings is 1. The molecule has 5 heteroatoms. The minimum atomic E-state index is -0.125. The number of rotatable bonds is 3. The van der Waals surface area contributed by atoms with Crippen molar-refractivity contribution in [3.05, 3.63) is 88.2 Å². The normalized spacial score (nSPS) is 11.5. The van der Waals surface area contributed by atoms with Gasteiger partial charge in [-0.3, -0.25) is 9.78 Å². The summed E-state index contributed by atoms with van der Waals surface area (Å²) in [4.78, 5) is 17.4. The fourth-order valence-electron chi connectivity index (χ4n) is 4.34. The number of carbonyl (C=O) groups is 1. The Bertz CT molecular complexity index is 1430. The first-order valence-corrected chi connectivity index (χ1v) is 13.0. The van der Waals surface area contributed by atoms with Crippen LogP contribution in [0.1, 0.15) is 62.4 Å². The van der Waals surface area contributed by atoms with Crippen LogP contribution < -0.4 is 0 Å². The van der Waals surface area contributed by atoms with Gasteiger partial charge in [-0.15, -0.1) is 46.2 Å². The molecule has 4 aromatic rings. The Morgan fingerprint density at radius 2 is 1.59 bits per heavy atom. The molecule has 4 rings (SSSR count). The molecule has 0 fully saturated rings. The van der Waals surface area contributed by atoms with Gasteiger partial charge in [-0.1, -0.05) is 57.5 Å². The van der Waals surface area contributed by atoms with Crippen molar-refractivity contribution in [2.24, 2.45) is 0 Å². The first kappa shape index (κ1) is 30.6. The summed E-state index contributed by atoms with van der Waals surface area (Å²) in [6, 6.07) is 19.1. The predicted molar refractivity (Wildman–Crippen MR) is 154 cm³/mol. The minimum Gasteiger partial charge on any atom is -0.512 e. The molecule has 0 spiro atoms. The minimum absolute atomic E-state index is 0. The quantitative estimate of drug-likeness (QED) is 0.133. The van der Waals surface area contributed by atoms with E-state index in [1.54, 1.807) is 11.3 Å². The maximum atomic E-state index is 10.0. The molecule has 1 N–H and O–H groups in total. The van der Waals surface area contributed by atoms with Crippen LogP contribution in [0.3, 0.4) is 0 Å². The molecule has 0 unspecified atom stereocenters. The third-order valence-electron chi connectivity index (χ3n) is 5.86. The molecule has 2 aromatic carbocycles. The smallest absolute Gasteiger partial charge is 0.155 e. The third-order valence-corrected chi connectivity index (χ3v) is 6.93. The monoisotopic (exact) mass is 691 g/mol. The standard InChI is InChI=1S/C27H28NS.C5H8O2.Ir/c1-16-10-18(3)25(19(4)11-16)24-15-20-8-9-23(28-26(20)29-24)21-12-17(2)13-22(14-21)27(5,6)7;1-4(6)3-5(2)7;/h8-11,13-15H,1-7H3;3,6H,1-2H3;/q-1;;/b;4-3-;. The molecule has 0 aliphatic carbocycles. The Labute approximate surface area is 239 Å². The van der Waals surface area contributed by atoms with Crippen molar-refractivity contribution in [1.82, 2.24) is 4.98 Å². The summed E-state index contributed by atoms with van der Waals surface area (Å²) in [6.07, 6.45) is 1.17. The topological polar surface area (TPSA) is 50.2 Å². The molecule has 3 nitrogen and oxygen atoms in total. The number of thiophene rings is 1. The van der Waals surface area contributed by atoms with E-state index < -0.39 is 0 Å². The van der Waals surface area contributed by atoms with Gasteiger partial charge in [0.15, 0.2) is 5.78 Å². The maximum absolute atomic E-state index is 10.0. The number of allylic oxidation sites excluding steroid dienone is 2. The Kier molecular flexibility index (Phi) is 10.2. The number of fused-ring (bicyclic) bond motifs is 1. The van der Waals surface area contributed by atoms with Crippen LogP contribution in [0.5, 0.6) is 0 Å². The molecule has 2 aromatic heterocycles. The number of aliphatic hydroxyl groups excluding tert-OH is 1. The molecule has 0 aliphatic rings. The summed E-state index contributed by atoms with van der Waals surface area (Å²) in [5.74, 6) is -0.0625. The zero-order valence-corrected chi connectivity index (χ0v) is 26.4. The summed E-state index contributed by atoms with van der Waals surface area (Å²) in [5, 5.41) is 9.57. The van der Waals surface area contributed by atoms with E-state index in [0.29, 0.717) is 0 Å². The average molecular weight is 691 g/mol. The van der Waals surface area contributed by atoms with Crippen molar-refractivity contribution in [1.29, 1.82) is 0 Å². The second kappa shape index (κ2) is 12.3. The van der Waals surface area contributed by atoms with E-state index >= 15 is 0 Å². The van der Waals surface area contributed by atoms with Gasteiger partial charge in [0.25, 0.3) is 0 Å². The van der Waals surface area contributed by atoms with Gasteiger partial charge >= 0.3 is 0 Å². The first-order valence-electron chi connectivity index (χ1n) is 12.2. The number of aliphatic hydroxyl groups is 1. The van der Waals surface area contributed by atoms with Crippen molar-refractivity contribution in [2.45, 2.75) is 67.7 Å². The van der Waals surface area contributed by atoms with Crippen molar-refractivity contribution in [3.8, 4) is 21.7 Å². The molecule has 0 amide bonds. The number of carbonyl (C=O) groups excluding carboxylic acids is 1. The Morgan fingerprint density at radius 3 is 2.11 bits per heavy atom. The predicted octanol–water partition coefficient (Wildman–Crippen LogP) is 9.00. The molecular weight excluding hydrogens is 655 g/mol. The van der Waals surface area contributed by atoms with Gasteiger partial charge in [0.05, 0.1) is 5.76 Å². The van der Waals surface area contributed by atoms with Crippen LogP contribution in [0.15, 0.2) is 54.3 Å². The number of hydrogen-bond donors (Lipinski definition) is 1. The molecule has 197 valence electrons. The van der Waals surface area contributed by atoms with E-state index in [9.17, 15) is 4.79 Å². The zero-order valence-electron chi connectivity index (χ0n) is 23.2. The average Bonchev–Trinajstić information content (AvgIpc) is 3.14. The molecule has 0 bridgehead atoms. The Morgan fingerprint density at radius 1 is 0.973 bits per heavy atom. The SMILES string of the molecule is CC(=O)/C=C(/C)O.Cc1[c-]c(-c2ccc3cc(-c4c(C)cc(C)cc4C)sc3n2)cc(C(C)(C)C)c1.[Ir]. The van der Waals surface area contributed by atoms with E-state index in [0.717, 1.165) is 21.7 Å². The van der Waals surface area contributed by atoms with Gasteiger partial charge in [-0.25, -0.2) is 0 Å². The molecule has 0 atom stereocenters. The molecule has 0 saturated carbocycles. The van der Waals surface area contributed by atoms with Crippen LogP contribution in [0.25, 0.3) is 31.9 Å². The third kappa shape index (κ3) is 7.94. The zero-order chi connectivity index (χ0) is 26.8. The Balaban J connectivity index is 0.000000532. The van der Waals surface area contributed by atoms with Crippen LogP contribution in [0.2, 0.25) is 0 Å². The number of hydrogen-bond acceptors (Lipinski definition) is 4. The summed E-state index contributed by atoms with van der Waals surface area (Å²) < 4.78 is 0. The van der Waals surface area contributed by atoms with Gasteiger partial charge in [-0.05, 0) is 68.5 Å². The maximum Gasteiger partial charge on any atom is 0.155 e. The van der Waals surface area contributed by atoms with Crippen molar-refractivity contribution >= 4 is 27.3 Å². The van der Waals surface area contributed by atoms with E-state index in [1.807, 2.05) is 0 Å². The summed E-state index contributed by atoms with van der Waals surface area (Å²) >= 11 is 1.78. The largest absolute Gasteiger partial charge is 0.512 e. The van der Waals surface area contributed by atoms with Crippen LogP contribution in [0.4, 0.5) is 0 Å². The molecular formula is C32H36IrNO2S-. The van der Waals surface area contributed by atoms with Gasteiger partial charge < -0.3 is 5.11 Å². The molecule has 1 radical (unpaired) electrons. The fourth-order valence-corrected chi connectivity index (χ4v) is 5.55. The van der Waals surface area contributed by atoms with Gasteiger partial charge in [-0.2, -0.15) is 0 Å². The van der Waals surface area contributed by atoms with E-state index in [1.165, 1.54) is 58.0 Å². The molecule has 0 aliphatic heterocycles. The van der Waals surface area contributed by atoms with Crippen LogP contribution in [-0.2, 0) is 30.3 Å². The number of aryl methyl sites for hydroxylation is 4.